The Morgan fingerprint density at radius 3 is 2.28 bits per heavy atom. The highest BCUT2D eigenvalue weighted by Crippen LogP contribution is 2.26. The number of carbonyl (C=O) groups excluding carboxylic acids is 2. The third kappa shape index (κ3) is 8.16. The van der Waals surface area contributed by atoms with Crippen molar-refractivity contribution in [3.8, 4) is 11.5 Å². The van der Waals surface area contributed by atoms with Gasteiger partial charge in [-0.2, -0.15) is 5.10 Å². The standard InChI is InChI=1S/C17H25N3O5/c1-24-14-10-9-13(11-15(14)25-2)12-18-19-16(21)7-5-3-4-6-8-17(22)20-23/h9-12,23H,3-8H2,1-2H3,(H,19,21)(H,20,22)/b18-12+. The Kier molecular flexibility index (Phi) is 9.69. The molecular formula is C17H25N3O5. The van der Waals surface area contributed by atoms with E-state index in [1.165, 1.54) is 6.21 Å². The van der Waals surface area contributed by atoms with Gasteiger partial charge in [-0.15, -0.1) is 0 Å². The van der Waals surface area contributed by atoms with Crippen LogP contribution in [0.25, 0.3) is 0 Å². The number of unbranched alkanes of at least 4 members (excludes halogenated alkanes) is 3. The molecule has 1 rings (SSSR count). The third-order valence-electron chi connectivity index (χ3n) is 3.49. The van der Waals surface area contributed by atoms with Crippen LogP contribution in [0.1, 0.15) is 44.1 Å². The second kappa shape index (κ2) is 11.9. The molecule has 0 aliphatic heterocycles. The van der Waals surface area contributed by atoms with E-state index in [1.807, 2.05) is 0 Å². The maximum Gasteiger partial charge on any atom is 0.243 e. The van der Waals surface area contributed by atoms with Gasteiger partial charge < -0.3 is 9.47 Å². The van der Waals surface area contributed by atoms with E-state index in [1.54, 1.807) is 37.9 Å². The average molecular weight is 351 g/mol. The van der Waals surface area contributed by atoms with Gasteiger partial charge in [0.15, 0.2) is 11.5 Å². The molecule has 0 aliphatic rings. The van der Waals surface area contributed by atoms with Crippen molar-refractivity contribution in [2.75, 3.05) is 14.2 Å². The molecule has 1 aromatic carbocycles. The number of hydroxylamine groups is 1. The number of carbonyl (C=O) groups is 2. The van der Waals surface area contributed by atoms with Crippen molar-refractivity contribution in [1.29, 1.82) is 0 Å². The molecule has 0 saturated heterocycles. The van der Waals surface area contributed by atoms with E-state index in [-0.39, 0.29) is 18.2 Å². The van der Waals surface area contributed by atoms with E-state index < -0.39 is 0 Å². The van der Waals surface area contributed by atoms with Crippen LogP contribution in [0.3, 0.4) is 0 Å². The highest BCUT2D eigenvalue weighted by molar-refractivity contribution is 5.83. The Labute approximate surface area is 147 Å². The van der Waals surface area contributed by atoms with Crippen LogP contribution in [-0.4, -0.2) is 37.5 Å². The monoisotopic (exact) mass is 351 g/mol. The second-order valence-electron chi connectivity index (χ2n) is 5.36. The van der Waals surface area contributed by atoms with Crippen molar-refractivity contribution in [2.45, 2.75) is 38.5 Å². The van der Waals surface area contributed by atoms with Crippen molar-refractivity contribution in [1.82, 2.24) is 10.9 Å². The fraction of sp³-hybridized carbons (Fsp3) is 0.471. The maximum absolute atomic E-state index is 11.7. The molecular weight excluding hydrogens is 326 g/mol. The van der Waals surface area contributed by atoms with Gasteiger partial charge >= 0.3 is 0 Å². The molecule has 1 aromatic rings. The van der Waals surface area contributed by atoms with Crippen LogP contribution in [0.4, 0.5) is 0 Å². The number of nitrogens with one attached hydrogen (secondary N) is 2. The van der Waals surface area contributed by atoms with Crippen LogP contribution in [0.2, 0.25) is 0 Å². The smallest absolute Gasteiger partial charge is 0.243 e. The van der Waals surface area contributed by atoms with Crippen LogP contribution < -0.4 is 20.4 Å². The van der Waals surface area contributed by atoms with Gasteiger partial charge in [0, 0.05) is 12.8 Å². The summed E-state index contributed by atoms with van der Waals surface area (Å²) >= 11 is 0. The quantitative estimate of drug-likeness (QED) is 0.244. The van der Waals surface area contributed by atoms with E-state index in [2.05, 4.69) is 10.5 Å². The molecule has 0 heterocycles. The number of hydrogen-bond donors (Lipinski definition) is 3. The van der Waals surface area contributed by atoms with Crippen LogP contribution in [-0.2, 0) is 9.59 Å². The van der Waals surface area contributed by atoms with Crippen molar-refractivity contribution in [3.63, 3.8) is 0 Å². The molecule has 25 heavy (non-hydrogen) atoms. The van der Waals surface area contributed by atoms with Gasteiger partial charge in [-0.1, -0.05) is 12.8 Å². The third-order valence-corrected chi connectivity index (χ3v) is 3.49. The fourth-order valence-corrected chi connectivity index (χ4v) is 2.15. The molecule has 0 atom stereocenters. The molecule has 0 radical (unpaired) electrons. The molecule has 0 aliphatic carbocycles. The minimum atomic E-state index is -0.387. The molecule has 0 spiro atoms. The zero-order valence-corrected chi connectivity index (χ0v) is 14.6. The van der Waals surface area contributed by atoms with Gasteiger partial charge in [0.1, 0.15) is 0 Å². The van der Waals surface area contributed by atoms with E-state index in [0.29, 0.717) is 24.3 Å². The molecule has 8 nitrogen and oxygen atoms in total. The first kappa shape index (κ1) is 20.4. The summed E-state index contributed by atoms with van der Waals surface area (Å²) in [6, 6.07) is 5.33. The molecule has 0 bridgehead atoms. The number of benzene rings is 1. The first-order chi connectivity index (χ1) is 12.1. The summed E-state index contributed by atoms with van der Waals surface area (Å²) < 4.78 is 10.4. The number of hydrogen-bond acceptors (Lipinski definition) is 6. The molecule has 2 amide bonds. The fourth-order valence-electron chi connectivity index (χ4n) is 2.15. The van der Waals surface area contributed by atoms with Crippen LogP contribution in [0.5, 0.6) is 11.5 Å². The van der Waals surface area contributed by atoms with Gasteiger partial charge in [0.2, 0.25) is 11.8 Å². The average Bonchev–Trinajstić information content (AvgIpc) is 2.64. The zero-order chi connectivity index (χ0) is 18.5. The number of hydrazone groups is 1. The zero-order valence-electron chi connectivity index (χ0n) is 14.6. The Morgan fingerprint density at radius 2 is 1.68 bits per heavy atom. The summed E-state index contributed by atoms with van der Waals surface area (Å²) in [5.41, 5.74) is 4.85. The molecule has 0 saturated carbocycles. The lowest BCUT2D eigenvalue weighted by Gasteiger charge is -2.07. The van der Waals surface area contributed by atoms with E-state index >= 15 is 0 Å². The summed E-state index contributed by atoms with van der Waals surface area (Å²) in [7, 11) is 3.12. The molecule has 0 fully saturated rings. The lowest BCUT2D eigenvalue weighted by Crippen LogP contribution is -2.18. The number of methoxy groups -OCH3 is 2. The van der Waals surface area contributed by atoms with E-state index in [4.69, 9.17) is 14.7 Å². The first-order valence-corrected chi connectivity index (χ1v) is 8.07. The van der Waals surface area contributed by atoms with E-state index in [9.17, 15) is 9.59 Å². The van der Waals surface area contributed by atoms with Gasteiger partial charge in [0.25, 0.3) is 0 Å². The highest BCUT2D eigenvalue weighted by atomic mass is 16.5. The highest BCUT2D eigenvalue weighted by Gasteiger charge is 2.04. The summed E-state index contributed by atoms with van der Waals surface area (Å²) in [6.45, 7) is 0. The SMILES string of the molecule is COc1ccc(/C=N/NC(=O)CCCCCCC(=O)NO)cc1OC. The topological polar surface area (TPSA) is 109 Å². The van der Waals surface area contributed by atoms with Gasteiger partial charge in [-0.05, 0) is 36.6 Å². The summed E-state index contributed by atoms with van der Waals surface area (Å²) in [5, 5.41) is 12.3. The van der Waals surface area contributed by atoms with Crippen molar-refractivity contribution >= 4 is 18.0 Å². The summed E-state index contributed by atoms with van der Waals surface area (Å²) in [5.74, 6) is 0.667. The number of amides is 2. The molecule has 8 heteroatoms. The minimum absolute atomic E-state index is 0.162. The van der Waals surface area contributed by atoms with Gasteiger partial charge in [-0.3, -0.25) is 14.8 Å². The van der Waals surface area contributed by atoms with Gasteiger partial charge in [-0.25, -0.2) is 10.9 Å². The lowest BCUT2D eigenvalue weighted by atomic mass is 10.1. The Balaban J connectivity index is 2.25. The maximum atomic E-state index is 11.7. The predicted octanol–water partition coefficient (Wildman–Crippen LogP) is 2.00. The minimum Gasteiger partial charge on any atom is -0.493 e. The molecule has 3 N–H and O–H groups in total. The van der Waals surface area contributed by atoms with Gasteiger partial charge in [0.05, 0.1) is 20.4 Å². The number of rotatable bonds is 11. The number of nitrogens with zero attached hydrogens (tertiary/aromatic N) is 1. The first-order valence-electron chi connectivity index (χ1n) is 8.07. The van der Waals surface area contributed by atoms with Crippen molar-refractivity contribution in [3.05, 3.63) is 23.8 Å². The van der Waals surface area contributed by atoms with Crippen molar-refractivity contribution in [2.24, 2.45) is 5.10 Å². The largest absolute Gasteiger partial charge is 0.493 e. The lowest BCUT2D eigenvalue weighted by molar-refractivity contribution is -0.129. The molecule has 0 aromatic heterocycles. The van der Waals surface area contributed by atoms with Crippen LogP contribution in [0, 0.1) is 0 Å². The normalized spacial score (nSPS) is 10.5. The summed E-state index contributed by atoms with van der Waals surface area (Å²) in [6.07, 6.45) is 5.27. The Hall–Kier alpha value is -2.61. The van der Waals surface area contributed by atoms with E-state index in [0.717, 1.165) is 24.8 Å². The number of ether oxygens (including phenoxy) is 2. The predicted molar refractivity (Wildman–Crippen MR) is 92.9 cm³/mol. The van der Waals surface area contributed by atoms with Crippen LogP contribution in [0.15, 0.2) is 23.3 Å². The molecule has 0 unspecified atom stereocenters. The summed E-state index contributed by atoms with van der Waals surface area (Å²) in [4.78, 5) is 22.5. The second-order valence-corrected chi connectivity index (χ2v) is 5.36. The van der Waals surface area contributed by atoms with Crippen LogP contribution >= 0.6 is 0 Å². The van der Waals surface area contributed by atoms with Crippen molar-refractivity contribution < 1.29 is 24.3 Å². The Bertz CT molecular complexity index is 590. The molecule has 138 valence electrons. The Morgan fingerprint density at radius 1 is 1.04 bits per heavy atom.